The van der Waals surface area contributed by atoms with E-state index < -0.39 is 0 Å². The first-order valence-corrected chi connectivity index (χ1v) is 5.65. The molecule has 0 saturated carbocycles. The zero-order valence-corrected chi connectivity index (χ0v) is 9.19. The average Bonchev–Trinajstić information content (AvgIpc) is 2.73. The van der Waals surface area contributed by atoms with Crippen molar-refractivity contribution in [3.8, 4) is 0 Å². The molecule has 2 amide bonds. The molecule has 2 N–H and O–H groups in total. The predicted molar refractivity (Wildman–Crippen MR) is 63.4 cm³/mol. The molecule has 2 aromatic rings. The fourth-order valence-electron chi connectivity index (χ4n) is 2.36. The minimum atomic E-state index is -0.243. The number of aromatic nitrogens is 1. The van der Waals surface area contributed by atoms with E-state index in [2.05, 4.69) is 10.3 Å². The summed E-state index contributed by atoms with van der Waals surface area (Å²) in [5.74, 6) is -0.622. The van der Waals surface area contributed by atoms with Crippen molar-refractivity contribution in [2.75, 3.05) is 0 Å². The number of imide groups is 1. The number of fused-ring (bicyclic) bond motifs is 1. The predicted octanol–water partition coefficient (Wildman–Crippen LogP) is 1.69. The van der Waals surface area contributed by atoms with Gasteiger partial charge in [-0.05, 0) is 11.8 Å². The molecule has 86 valence electrons. The maximum atomic E-state index is 11.8. The van der Waals surface area contributed by atoms with E-state index in [1.165, 1.54) is 0 Å². The van der Waals surface area contributed by atoms with Gasteiger partial charge in [-0.3, -0.25) is 14.9 Å². The molecule has 1 saturated heterocycles. The zero-order valence-electron chi connectivity index (χ0n) is 9.19. The monoisotopic (exact) mass is 228 g/mol. The summed E-state index contributed by atoms with van der Waals surface area (Å²) in [5, 5.41) is 4.53. The Morgan fingerprint density at radius 1 is 1.18 bits per heavy atom. The second-order valence-electron chi connectivity index (χ2n) is 4.29. The van der Waals surface area contributed by atoms with Gasteiger partial charge in [-0.25, -0.2) is 0 Å². The Kier molecular flexibility index (Phi) is 2.21. The van der Waals surface area contributed by atoms with Gasteiger partial charge in [-0.2, -0.15) is 0 Å². The maximum absolute atomic E-state index is 11.8. The Bertz CT molecular complexity index is 600. The number of aromatic amines is 1. The van der Waals surface area contributed by atoms with Crippen molar-refractivity contribution in [1.29, 1.82) is 0 Å². The Labute approximate surface area is 98.0 Å². The van der Waals surface area contributed by atoms with Crippen molar-refractivity contribution in [1.82, 2.24) is 10.3 Å². The van der Waals surface area contributed by atoms with Gasteiger partial charge in [0.05, 0.1) is 5.92 Å². The molecule has 1 aromatic carbocycles. The first-order chi connectivity index (χ1) is 8.25. The van der Waals surface area contributed by atoms with Gasteiger partial charge in [0.1, 0.15) is 0 Å². The van der Waals surface area contributed by atoms with Crippen LogP contribution in [0.2, 0.25) is 0 Å². The molecule has 0 bridgehead atoms. The zero-order chi connectivity index (χ0) is 11.8. The molecule has 1 unspecified atom stereocenters. The molecule has 1 fully saturated rings. The van der Waals surface area contributed by atoms with Crippen molar-refractivity contribution < 1.29 is 9.59 Å². The van der Waals surface area contributed by atoms with Crippen LogP contribution in [0.1, 0.15) is 24.5 Å². The van der Waals surface area contributed by atoms with Crippen molar-refractivity contribution in [2.24, 2.45) is 0 Å². The second-order valence-corrected chi connectivity index (χ2v) is 4.29. The molecule has 3 rings (SSSR count). The molecule has 1 aliphatic heterocycles. The summed E-state index contributed by atoms with van der Waals surface area (Å²) >= 11 is 0. The highest BCUT2D eigenvalue weighted by atomic mass is 16.2. The number of carbonyl (C=O) groups is 2. The Morgan fingerprint density at radius 3 is 2.82 bits per heavy atom. The highest BCUT2D eigenvalue weighted by molar-refractivity contribution is 6.02. The third-order valence-electron chi connectivity index (χ3n) is 3.22. The lowest BCUT2D eigenvalue weighted by Crippen LogP contribution is -2.39. The number of rotatable bonds is 1. The first kappa shape index (κ1) is 10.1. The molecule has 0 spiro atoms. The summed E-state index contributed by atoms with van der Waals surface area (Å²) in [4.78, 5) is 26.1. The second kappa shape index (κ2) is 3.73. The summed E-state index contributed by atoms with van der Waals surface area (Å²) in [6.45, 7) is 0. The smallest absolute Gasteiger partial charge is 0.235 e. The number of piperidine rings is 1. The minimum absolute atomic E-state index is 0.179. The molecule has 1 aromatic heterocycles. The van der Waals surface area contributed by atoms with Crippen LogP contribution < -0.4 is 5.32 Å². The lowest BCUT2D eigenvalue weighted by molar-refractivity contribution is -0.134. The Morgan fingerprint density at radius 2 is 2.00 bits per heavy atom. The third kappa shape index (κ3) is 1.62. The molecular formula is C13H12N2O2. The van der Waals surface area contributed by atoms with Gasteiger partial charge in [0, 0.05) is 23.7 Å². The highest BCUT2D eigenvalue weighted by Crippen LogP contribution is 2.29. The number of H-pyrrole nitrogens is 1. The number of hydrogen-bond donors (Lipinski definition) is 2. The minimum Gasteiger partial charge on any atom is -0.363 e. The number of amides is 2. The first-order valence-electron chi connectivity index (χ1n) is 5.65. The molecule has 4 heteroatoms. The average molecular weight is 228 g/mol. The number of hydrogen-bond acceptors (Lipinski definition) is 2. The van der Waals surface area contributed by atoms with Gasteiger partial charge in [-0.15, -0.1) is 0 Å². The standard InChI is InChI=1S/C13H12N2O2/c16-11-6-5-10(13(17)15-11)12-9-4-2-1-3-8(9)7-14-12/h1-4,7,10,14H,5-6H2,(H,15,16,17). The van der Waals surface area contributed by atoms with Crippen molar-refractivity contribution in [3.05, 3.63) is 36.2 Å². The van der Waals surface area contributed by atoms with Crippen LogP contribution in [0, 0.1) is 0 Å². The molecule has 2 heterocycles. The maximum Gasteiger partial charge on any atom is 0.235 e. The largest absolute Gasteiger partial charge is 0.363 e. The van der Waals surface area contributed by atoms with Crippen LogP contribution in [-0.2, 0) is 9.59 Å². The SMILES string of the molecule is O=C1CCC(c2[nH]cc3ccccc23)C(=O)N1. The van der Waals surface area contributed by atoms with Gasteiger partial charge in [0.15, 0.2) is 0 Å². The normalized spacial score (nSPS) is 20.6. The third-order valence-corrected chi connectivity index (χ3v) is 3.22. The van der Waals surface area contributed by atoms with Crippen LogP contribution in [0.4, 0.5) is 0 Å². The molecular weight excluding hydrogens is 216 g/mol. The van der Waals surface area contributed by atoms with Crippen molar-refractivity contribution in [2.45, 2.75) is 18.8 Å². The van der Waals surface area contributed by atoms with Crippen LogP contribution in [0.3, 0.4) is 0 Å². The number of benzene rings is 1. The summed E-state index contributed by atoms with van der Waals surface area (Å²) in [5.41, 5.74) is 0.908. The van der Waals surface area contributed by atoms with E-state index in [0.29, 0.717) is 12.8 Å². The van der Waals surface area contributed by atoms with Crippen LogP contribution in [0.15, 0.2) is 30.5 Å². The van der Waals surface area contributed by atoms with E-state index in [4.69, 9.17) is 0 Å². The molecule has 17 heavy (non-hydrogen) atoms. The quantitative estimate of drug-likeness (QED) is 0.729. The van der Waals surface area contributed by atoms with E-state index >= 15 is 0 Å². The van der Waals surface area contributed by atoms with Gasteiger partial charge < -0.3 is 4.98 Å². The lowest BCUT2D eigenvalue weighted by atomic mass is 9.93. The topological polar surface area (TPSA) is 62.0 Å². The summed E-state index contributed by atoms with van der Waals surface area (Å²) in [7, 11) is 0. The van der Waals surface area contributed by atoms with Gasteiger partial charge in [0.2, 0.25) is 11.8 Å². The van der Waals surface area contributed by atoms with E-state index in [1.54, 1.807) is 0 Å². The number of carbonyl (C=O) groups excluding carboxylic acids is 2. The fraction of sp³-hybridized carbons (Fsp3) is 0.231. The summed E-state index contributed by atoms with van der Waals surface area (Å²) < 4.78 is 0. The lowest BCUT2D eigenvalue weighted by Gasteiger charge is -2.20. The van der Waals surface area contributed by atoms with Crippen LogP contribution in [0.5, 0.6) is 0 Å². The molecule has 0 radical (unpaired) electrons. The fourth-order valence-corrected chi connectivity index (χ4v) is 2.36. The van der Waals surface area contributed by atoms with Crippen molar-refractivity contribution >= 4 is 22.6 Å². The highest BCUT2D eigenvalue weighted by Gasteiger charge is 2.29. The summed E-state index contributed by atoms with van der Waals surface area (Å²) in [6.07, 6.45) is 2.88. The van der Waals surface area contributed by atoms with Crippen molar-refractivity contribution in [3.63, 3.8) is 0 Å². The Balaban J connectivity index is 2.04. The van der Waals surface area contributed by atoms with E-state index in [9.17, 15) is 9.59 Å². The molecule has 0 aliphatic carbocycles. The molecule has 1 atom stereocenters. The molecule has 4 nitrogen and oxygen atoms in total. The molecule has 1 aliphatic rings. The summed E-state index contributed by atoms with van der Waals surface area (Å²) in [6, 6.07) is 7.90. The van der Waals surface area contributed by atoms with E-state index in [0.717, 1.165) is 16.5 Å². The van der Waals surface area contributed by atoms with Crippen LogP contribution in [0.25, 0.3) is 10.8 Å². The van der Waals surface area contributed by atoms with Gasteiger partial charge >= 0.3 is 0 Å². The van der Waals surface area contributed by atoms with Crippen LogP contribution in [-0.4, -0.2) is 16.8 Å². The van der Waals surface area contributed by atoms with Gasteiger partial charge in [0.25, 0.3) is 0 Å². The van der Waals surface area contributed by atoms with Crippen LogP contribution >= 0.6 is 0 Å². The number of nitrogens with one attached hydrogen (secondary N) is 2. The van der Waals surface area contributed by atoms with E-state index in [-0.39, 0.29) is 17.7 Å². The Hall–Kier alpha value is -2.10. The van der Waals surface area contributed by atoms with E-state index in [1.807, 2.05) is 30.5 Å². The van der Waals surface area contributed by atoms with Gasteiger partial charge in [-0.1, -0.05) is 24.3 Å².